The van der Waals surface area contributed by atoms with Gasteiger partial charge in [-0.25, -0.2) is 0 Å². The monoisotopic (exact) mass is 435 g/mol. The van der Waals surface area contributed by atoms with Gasteiger partial charge < -0.3 is 9.32 Å². The van der Waals surface area contributed by atoms with Gasteiger partial charge in [0.05, 0.1) is 5.69 Å². The number of benzene rings is 6. The Labute approximate surface area is 197 Å². The summed E-state index contributed by atoms with van der Waals surface area (Å²) in [6.07, 6.45) is 0. The van der Waals surface area contributed by atoms with Crippen molar-refractivity contribution in [3.8, 4) is 0 Å². The highest BCUT2D eigenvalue weighted by molar-refractivity contribution is 6.18. The first-order valence-corrected chi connectivity index (χ1v) is 11.5. The Morgan fingerprint density at radius 3 is 1.85 bits per heavy atom. The summed E-state index contributed by atoms with van der Waals surface area (Å²) >= 11 is 0. The van der Waals surface area contributed by atoms with Gasteiger partial charge in [-0.2, -0.15) is 0 Å². The third-order valence-corrected chi connectivity index (χ3v) is 6.62. The van der Waals surface area contributed by atoms with Gasteiger partial charge in [-0.05, 0) is 64.7 Å². The molecular formula is C32H21NO. The normalized spacial score (nSPS) is 11.5. The van der Waals surface area contributed by atoms with Crippen LogP contribution in [0.1, 0.15) is 0 Å². The van der Waals surface area contributed by atoms with E-state index in [-0.39, 0.29) is 0 Å². The molecule has 2 nitrogen and oxygen atoms in total. The summed E-state index contributed by atoms with van der Waals surface area (Å²) in [7, 11) is 0. The van der Waals surface area contributed by atoms with Gasteiger partial charge in [0.1, 0.15) is 11.2 Å². The second kappa shape index (κ2) is 7.50. The molecule has 0 N–H and O–H groups in total. The molecule has 0 aliphatic heterocycles. The topological polar surface area (TPSA) is 16.4 Å². The molecule has 0 fully saturated rings. The van der Waals surface area contributed by atoms with E-state index in [1.807, 2.05) is 12.1 Å². The lowest BCUT2D eigenvalue weighted by Crippen LogP contribution is -2.10. The molecule has 0 saturated heterocycles. The molecule has 0 radical (unpaired) electrons. The quantitative estimate of drug-likeness (QED) is 0.257. The van der Waals surface area contributed by atoms with E-state index in [2.05, 4.69) is 120 Å². The molecule has 0 spiro atoms. The highest BCUT2D eigenvalue weighted by Crippen LogP contribution is 2.41. The molecule has 160 valence electrons. The third kappa shape index (κ3) is 2.89. The number of rotatable bonds is 3. The van der Waals surface area contributed by atoms with Gasteiger partial charge in [-0.3, -0.25) is 0 Å². The predicted octanol–water partition coefficient (Wildman–Crippen LogP) is 9.36. The van der Waals surface area contributed by atoms with Gasteiger partial charge in [0.25, 0.3) is 0 Å². The number of furan rings is 1. The predicted molar refractivity (Wildman–Crippen MR) is 143 cm³/mol. The van der Waals surface area contributed by atoms with E-state index >= 15 is 0 Å². The van der Waals surface area contributed by atoms with E-state index in [4.69, 9.17) is 4.42 Å². The zero-order valence-corrected chi connectivity index (χ0v) is 18.5. The molecule has 34 heavy (non-hydrogen) atoms. The van der Waals surface area contributed by atoms with Crippen molar-refractivity contribution in [2.24, 2.45) is 0 Å². The van der Waals surface area contributed by atoms with Crippen LogP contribution in [0.4, 0.5) is 17.1 Å². The van der Waals surface area contributed by atoms with E-state index in [1.54, 1.807) is 0 Å². The zero-order chi connectivity index (χ0) is 22.5. The van der Waals surface area contributed by atoms with Crippen LogP contribution in [0.2, 0.25) is 0 Å². The molecule has 0 atom stereocenters. The highest BCUT2D eigenvalue weighted by Gasteiger charge is 2.16. The molecule has 1 heterocycles. The Kier molecular flexibility index (Phi) is 4.18. The molecule has 0 saturated carbocycles. The third-order valence-electron chi connectivity index (χ3n) is 6.62. The standard InChI is InChI=1S/C32H21NO/c1-3-10-23(11-4-1)33(24-12-5-2-6-13-24)30-16-9-15-25-26(30)19-18-22-20-29-27-14-7-8-17-31(27)34-32(29)21-28(22)25/h1-21H. The molecule has 1 aromatic heterocycles. The van der Waals surface area contributed by atoms with Gasteiger partial charge in [0.15, 0.2) is 0 Å². The maximum atomic E-state index is 6.22. The number of hydrogen-bond acceptors (Lipinski definition) is 2. The maximum absolute atomic E-state index is 6.22. The minimum absolute atomic E-state index is 0.926. The second-order valence-electron chi connectivity index (χ2n) is 8.61. The molecule has 7 aromatic rings. The van der Waals surface area contributed by atoms with Crippen LogP contribution in [0.3, 0.4) is 0 Å². The Balaban J connectivity index is 1.52. The van der Waals surface area contributed by atoms with E-state index in [9.17, 15) is 0 Å². The van der Waals surface area contributed by atoms with E-state index < -0.39 is 0 Å². The van der Waals surface area contributed by atoms with Crippen LogP contribution in [0.5, 0.6) is 0 Å². The molecule has 7 rings (SSSR count). The van der Waals surface area contributed by atoms with Crippen molar-refractivity contribution in [3.63, 3.8) is 0 Å². The summed E-state index contributed by atoms with van der Waals surface area (Å²) in [5.74, 6) is 0. The minimum Gasteiger partial charge on any atom is -0.456 e. The first-order chi connectivity index (χ1) is 16.9. The molecule has 6 aromatic carbocycles. The van der Waals surface area contributed by atoms with Crippen LogP contribution in [-0.2, 0) is 0 Å². The lowest BCUT2D eigenvalue weighted by Gasteiger charge is -2.27. The van der Waals surface area contributed by atoms with Crippen molar-refractivity contribution in [2.75, 3.05) is 4.90 Å². The summed E-state index contributed by atoms with van der Waals surface area (Å²) in [5.41, 5.74) is 5.27. The van der Waals surface area contributed by atoms with Crippen LogP contribution >= 0.6 is 0 Å². The first-order valence-electron chi connectivity index (χ1n) is 11.5. The fourth-order valence-corrected chi connectivity index (χ4v) is 5.07. The SMILES string of the molecule is c1ccc(N(c2ccccc2)c2cccc3c2ccc2cc4c(cc23)oc2ccccc24)cc1. The summed E-state index contributed by atoms with van der Waals surface area (Å²) in [5, 5.41) is 7.16. The Hall–Kier alpha value is -4.56. The average Bonchev–Trinajstić information content (AvgIpc) is 3.26. The maximum Gasteiger partial charge on any atom is 0.136 e. The van der Waals surface area contributed by atoms with Crippen molar-refractivity contribution >= 4 is 60.5 Å². The van der Waals surface area contributed by atoms with Crippen LogP contribution < -0.4 is 4.90 Å². The van der Waals surface area contributed by atoms with Crippen LogP contribution in [0, 0.1) is 0 Å². The fourth-order valence-electron chi connectivity index (χ4n) is 5.07. The van der Waals surface area contributed by atoms with Gasteiger partial charge in [-0.1, -0.05) is 78.9 Å². The van der Waals surface area contributed by atoms with Crippen molar-refractivity contribution in [1.82, 2.24) is 0 Å². The first kappa shape index (κ1) is 19.0. The van der Waals surface area contributed by atoms with Crippen molar-refractivity contribution in [2.45, 2.75) is 0 Å². The van der Waals surface area contributed by atoms with Gasteiger partial charge in [0, 0.05) is 27.5 Å². The summed E-state index contributed by atoms with van der Waals surface area (Å²) in [4.78, 5) is 2.33. The molecule has 0 bridgehead atoms. The van der Waals surface area contributed by atoms with Crippen molar-refractivity contribution < 1.29 is 4.42 Å². The molecular weight excluding hydrogens is 414 g/mol. The smallest absolute Gasteiger partial charge is 0.136 e. The van der Waals surface area contributed by atoms with Crippen LogP contribution in [-0.4, -0.2) is 0 Å². The van der Waals surface area contributed by atoms with Gasteiger partial charge in [0.2, 0.25) is 0 Å². The Morgan fingerprint density at radius 1 is 0.412 bits per heavy atom. The number of nitrogens with zero attached hydrogens (tertiary/aromatic N) is 1. The Morgan fingerprint density at radius 2 is 1.09 bits per heavy atom. The lowest BCUT2D eigenvalue weighted by atomic mass is 9.98. The van der Waals surface area contributed by atoms with Crippen LogP contribution in [0.15, 0.2) is 132 Å². The summed E-state index contributed by atoms with van der Waals surface area (Å²) < 4.78 is 6.22. The lowest BCUT2D eigenvalue weighted by molar-refractivity contribution is 0.669. The van der Waals surface area contributed by atoms with Crippen molar-refractivity contribution in [1.29, 1.82) is 0 Å². The average molecular weight is 436 g/mol. The van der Waals surface area contributed by atoms with Gasteiger partial charge in [-0.15, -0.1) is 0 Å². The summed E-state index contributed by atoms with van der Waals surface area (Å²) in [6, 6.07) is 44.9. The van der Waals surface area contributed by atoms with E-state index in [1.165, 1.54) is 21.5 Å². The minimum atomic E-state index is 0.926. The number of para-hydroxylation sites is 3. The van der Waals surface area contributed by atoms with E-state index in [0.29, 0.717) is 0 Å². The number of fused-ring (bicyclic) bond motifs is 6. The van der Waals surface area contributed by atoms with Gasteiger partial charge >= 0.3 is 0 Å². The van der Waals surface area contributed by atoms with E-state index in [0.717, 1.165) is 39.0 Å². The van der Waals surface area contributed by atoms with Crippen LogP contribution in [0.25, 0.3) is 43.5 Å². The second-order valence-corrected chi connectivity index (χ2v) is 8.61. The molecule has 0 aliphatic carbocycles. The fraction of sp³-hybridized carbons (Fsp3) is 0. The molecule has 0 amide bonds. The Bertz CT molecular complexity index is 1760. The zero-order valence-electron chi connectivity index (χ0n) is 18.5. The summed E-state index contributed by atoms with van der Waals surface area (Å²) in [6.45, 7) is 0. The largest absolute Gasteiger partial charge is 0.456 e. The molecule has 0 unspecified atom stereocenters. The highest BCUT2D eigenvalue weighted by atomic mass is 16.3. The molecule has 0 aliphatic rings. The molecule has 2 heteroatoms. The number of anilines is 3. The van der Waals surface area contributed by atoms with Crippen molar-refractivity contribution in [3.05, 3.63) is 127 Å². The number of hydrogen-bond donors (Lipinski definition) is 0.